The summed E-state index contributed by atoms with van der Waals surface area (Å²) in [4.78, 5) is 25.1. The van der Waals surface area contributed by atoms with Crippen LogP contribution in [0.4, 0.5) is 10.5 Å². The van der Waals surface area contributed by atoms with Crippen LogP contribution < -0.4 is 20.1 Å². The molecule has 0 bridgehead atoms. The van der Waals surface area contributed by atoms with E-state index in [4.69, 9.17) is 9.84 Å². The fourth-order valence-corrected chi connectivity index (χ4v) is 4.97. The molecule has 1 aliphatic rings. The van der Waals surface area contributed by atoms with Crippen LogP contribution in [0.1, 0.15) is 44.6 Å². The molecule has 0 aromatic heterocycles. The largest absolute Gasteiger partial charge is 0.480 e. The van der Waals surface area contributed by atoms with E-state index in [1.165, 1.54) is 0 Å². The number of rotatable bonds is 12. The molecule has 1 heterocycles. The summed E-state index contributed by atoms with van der Waals surface area (Å²) in [6.45, 7) is 3.40. The van der Waals surface area contributed by atoms with Gasteiger partial charge in [-0.15, -0.1) is 0 Å². The minimum absolute atomic E-state index is 0.0155. The third kappa shape index (κ3) is 9.93. The van der Waals surface area contributed by atoms with E-state index in [1.54, 1.807) is 24.3 Å². The summed E-state index contributed by atoms with van der Waals surface area (Å²) in [5.41, 5.74) is 1.63. The zero-order chi connectivity index (χ0) is 26.8. The average molecular weight is 533 g/mol. The van der Waals surface area contributed by atoms with Gasteiger partial charge < -0.3 is 20.5 Å². The van der Waals surface area contributed by atoms with Gasteiger partial charge in [0.25, 0.3) is 0 Å². The fraction of sp³-hybridized carbons (Fsp3) is 0.462. The van der Waals surface area contributed by atoms with E-state index in [0.29, 0.717) is 23.2 Å². The monoisotopic (exact) mass is 532 g/mol. The Balaban J connectivity index is 1.55. The quantitative estimate of drug-likeness (QED) is 0.327. The number of likely N-dealkylation sites (tertiary alicyclic amines) is 1. The molecule has 0 aliphatic carbocycles. The third-order valence-electron chi connectivity index (χ3n) is 6.17. The summed E-state index contributed by atoms with van der Waals surface area (Å²) in [7, 11) is -3.32. The standard InChI is InChI=1S/C26H36N4O6S/c1-3-4-5-22-16-21(28-26(33)27-17-25(31)32)14-15-30(22)18-19-6-10-23(11-7-19)36-24-12-8-20(9-13-24)29-37(2,34)35/h6-13,21-22,29H,3-5,14-18H2,1-2H3,(H,31,32)(H2,27,28,33). The van der Waals surface area contributed by atoms with Gasteiger partial charge in [-0.1, -0.05) is 31.9 Å². The first-order valence-electron chi connectivity index (χ1n) is 12.5. The van der Waals surface area contributed by atoms with Crippen molar-refractivity contribution in [1.29, 1.82) is 0 Å². The van der Waals surface area contributed by atoms with Gasteiger partial charge in [-0.25, -0.2) is 13.2 Å². The number of nitrogens with zero attached hydrogens (tertiary/aromatic N) is 1. The summed E-state index contributed by atoms with van der Waals surface area (Å²) in [5.74, 6) is 0.223. The van der Waals surface area contributed by atoms with Crippen LogP contribution >= 0.6 is 0 Å². The highest BCUT2D eigenvalue weighted by Crippen LogP contribution is 2.27. The molecular weight excluding hydrogens is 496 g/mol. The number of ether oxygens (including phenoxy) is 1. The van der Waals surface area contributed by atoms with Crippen molar-refractivity contribution < 1.29 is 27.9 Å². The lowest BCUT2D eigenvalue weighted by molar-refractivity contribution is -0.135. The van der Waals surface area contributed by atoms with Crippen LogP contribution in [-0.2, 0) is 21.4 Å². The topological polar surface area (TPSA) is 137 Å². The Morgan fingerprint density at radius 3 is 2.32 bits per heavy atom. The molecule has 11 heteroatoms. The van der Waals surface area contributed by atoms with Crippen molar-refractivity contribution in [2.24, 2.45) is 0 Å². The minimum atomic E-state index is -3.32. The Morgan fingerprint density at radius 2 is 1.73 bits per heavy atom. The highest BCUT2D eigenvalue weighted by Gasteiger charge is 2.29. The summed E-state index contributed by atoms with van der Waals surface area (Å²) < 4.78 is 31.0. The Morgan fingerprint density at radius 1 is 1.08 bits per heavy atom. The van der Waals surface area contributed by atoms with E-state index in [2.05, 4.69) is 27.2 Å². The molecular formula is C26H36N4O6S. The summed E-state index contributed by atoms with van der Waals surface area (Å²) in [5, 5.41) is 14.0. The molecule has 0 saturated carbocycles. The fourth-order valence-electron chi connectivity index (χ4n) is 4.41. The number of sulfonamides is 1. The van der Waals surface area contributed by atoms with Gasteiger partial charge in [-0.2, -0.15) is 0 Å². The van der Waals surface area contributed by atoms with E-state index in [-0.39, 0.29) is 6.04 Å². The van der Waals surface area contributed by atoms with Gasteiger partial charge in [0.2, 0.25) is 10.0 Å². The molecule has 202 valence electrons. The van der Waals surface area contributed by atoms with E-state index in [1.807, 2.05) is 24.3 Å². The van der Waals surface area contributed by atoms with Crippen LogP contribution in [0.5, 0.6) is 11.5 Å². The maximum Gasteiger partial charge on any atom is 0.323 e. The molecule has 2 atom stereocenters. The predicted octanol–water partition coefficient (Wildman–Crippen LogP) is 3.76. The predicted molar refractivity (Wildman–Crippen MR) is 142 cm³/mol. The molecule has 37 heavy (non-hydrogen) atoms. The van der Waals surface area contributed by atoms with Crippen LogP contribution in [-0.4, -0.2) is 61.9 Å². The number of anilines is 1. The first-order chi connectivity index (χ1) is 17.6. The molecule has 1 saturated heterocycles. The van der Waals surface area contributed by atoms with E-state index < -0.39 is 28.6 Å². The maximum absolute atomic E-state index is 12.0. The van der Waals surface area contributed by atoms with Crippen LogP contribution in [0.25, 0.3) is 0 Å². The van der Waals surface area contributed by atoms with E-state index >= 15 is 0 Å². The zero-order valence-electron chi connectivity index (χ0n) is 21.3. The number of unbranched alkanes of at least 4 members (excludes halogenated alkanes) is 1. The molecule has 2 amide bonds. The summed E-state index contributed by atoms with van der Waals surface area (Å²) in [6, 6.07) is 14.5. The van der Waals surface area contributed by atoms with Gasteiger partial charge in [0, 0.05) is 30.9 Å². The number of carbonyl (C=O) groups is 2. The lowest BCUT2D eigenvalue weighted by Crippen LogP contribution is -2.52. The smallest absolute Gasteiger partial charge is 0.323 e. The van der Waals surface area contributed by atoms with Crippen molar-refractivity contribution >= 4 is 27.7 Å². The molecule has 4 N–H and O–H groups in total. The number of carbonyl (C=O) groups excluding carboxylic acids is 1. The molecule has 10 nitrogen and oxygen atoms in total. The van der Waals surface area contributed by atoms with Crippen molar-refractivity contribution in [2.75, 3.05) is 24.1 Å². The lowest BCUT2D eigenvalue weighted by atomic mass is 9.93. The third-order valence-corrected chi connectivity index (χ3v) is 6.77. The number of piperidine rings is 1. The van der Waals surface area contributed by atoms with Gasteiger partial charge in [-0.3, -0.25) is 14.4 Å². The van der Waals surface area contributed by atoms with Gasteiger partial charge >= 0.3 is 12.0 Å². The number of hydrogen-bond acceptors (Lipinski definition) is 6. The average Bonchev–Trinajstić information content (AvgIpc) is 2.84. The van der Waals surface area contributed by atoms with Crippen LogP contribution in [0.3, 0.4) is 0 Å². The number of hydrogen-bond donors (Lipinski definition) is 4. The lowest BCUT2D eigenvalue weighted by Gasteiger charge is -2.40. The maximum atomic E-state index is 12.0. The van der Waals surface area contributed by atoms with Crippen molar-refractivity contribution in [3.05, 3.63) is 54.1 Å². The zero-order valence-corrected chi connectivity index (χ0v) is 22.1. The number of carboxylic acids is 1. The van der Waals surface area contributed by atoms with Crippen LogP contribution in [0.2, 0.25) is 0 Å². The molecule has 1 aliphatic heterocycles. The molecule has 1 fully saturated rings. The van der Waals surface area contributed by atoms with E-state index in [0.717, 1.165) is 57.0 Å². The number of aliphatic carboxylic acids is 1. The summed E-state index contributed by atoms with van der Waals surface area (Å²) >= 11 is 0. The first kappa shape index (κ1) is 28.3. The van der Waals surface area contributed by atoms with Crippen molar-refractivity contribution in [3.63, 3.8) is 0 Å². The minimum Gasteiger partial charge on any atom is -0.480 e. The van der Waals surface area contributed by atoms with Crippen LogP contribution in [0.15, 0.2) is 48.5 Å². The second-order valence-electron chi connectivity index (χ2n) is 9.35. The highest BCUT2D eigenvalue weighted by molar-refractivity contribution is 7.92. The number of carboxylic acid groups (broad SMARTS) is 1. The molecule has 2 aromatic rings. The molecule has 3 rings (SSSR count). The van der Waals surface area contributed by atoms with Crippen molar-refractivity contribution in [2.45, 2.75) is 57.7 Å². The molecule has 2 aromatic carbocycles. The Hall–Kier alpha value is -3.31. The Bertz CT molecular complexity index is 1140. The van der Waals surface area contributed by atoms with Crippen molar-refractivity contribution in [1.82, 2.24) is 15.5 Å². The van der Waals surface area contributed by atoms with E-state index in [9.17, 15) is 18.0 Å². The van der Waals surface area contributed by atoms with Crippen LogP contribution in [0, 0.1) is 0 Å². The normalized spacial score (nSPS) is 18.1. The Labute approximate surface area is 218 Å². The van der Waals surface area contributed by atoms with Gasteiger partial charge in [-0.05, 0) is 61.2 Å². The van der Waals surface area contributed by atoms with Crippen molar-refractivity contribution in [3.8, 4) is 11.5 Å². The number of nitrogens with one attached hydrogen (secondary N) is 3. The SMILES string of the molecule is CCCCC1CC(NC(=O)NCC(=O)O)CCN1Cc1ccc(Oc2ccc(NS(C)(=O)=O)cc2)cc1. The molecule has 0 radical (unpaired) electrons. The number of benzene rings is 2. The Kier molecular flexibility index (Phi) is 10.2. The second kappa shape index (κ2) is 13.3. The van der Waals surface area contributed by atoms with Gasteiger partial charge in [0.15, 0.2) is 0 Å². The second-order valence-corrected chi connectivity index (χ2v) is 11.1. The highest BCUT2D eigenvalue weighted by atomic mass is 32.2. The molecule has 2 unspecified atom stereocenters. The number of amides is 2. The number of urea groups is 1. The first-order valence-corrected chi connectivity index (χ1v) is 14.4. The van der Waals surface area contributed by atoms with Gasteiger partial charge in [0.1, 0.15) is 18.0 Å². The van der Waals surface area contributed by atoms with Gasteiger partial charge in [0.05, 0.1) is 6.26 Å². The summed E-state index contributed by atoms with van der Waals surface area (Å²) in [6.07, 6.45) is 5.97. The molecule has 0 spiro atoms.